The van der Waals surface area contributed by atoms with Crippen LogP contribution >= 0.6 is 11.3 Å². The number of para-hydroxylation sites is 1. The number of nitrogens with one attached hydrogen (secondary N) is 1. The fourth-order valence-electron chi connectivity index (χ4n) is 2.07. The highest BCUT2D eigenvalue weighted by Crippen LogP contribution is 2.38. The van der Waals surface area contributed by atoms with Crippen molar-refractivity contribution in [1.29, 1.82) is 0 Å². The zero-order chi connectivity index (χ0) is 16.7. The molecular weight excluding hydrogens is 316 g/mol. The van der Waals surface area contributed by atoms with Gasteiger partial charge in [-0.1, -0.05) is 6.07 Å². The number of amides is 1. The van der Waals surface area contributed by atoms with Crippen LogP contribution in [0.5, 0.6) is 11.5 Å². The zero-order valence-electron chi connectivity index (χ0n) is 13.4. The van der Waals surface area contributed by atoms with E-state index in [1.807, 2.05) is 18.2 Å². The number of hydrogen-bond acceptors (Lipinski definition) is 6. The van der Waals surface area contributed by atoms with Crippen molar-refractivity contribution in [3.63, 3.8) is 0 Å². The van der Waals surface area contributed by atoms with Crippen LogP contribution in [-0.2, 0) is 4.74 Å². The van der Waals surface area contributed by atoms with Gasteiger partial charge < -0.3 is 19.5 Å². The lowest BCUT2D eigenvalue weighted by Crippen LogP contribution is -2.25. The van der Waals surface area contributed by atoms with Crippen LogP contribution in [0.2, 0.25) is 0 Å². The highest BCUT2D eigenvalue weighted by atomic mass is 32.1. The third kappa shape index (κ3) is 4.20. The molecule has 2 rings (SSSR count). The van der Waals surface area contributed by atoms with Crippen molar-refractivity contribution in [2.75, 3.05) is 34.5 Å². The lowest BCUT2D eigenvalue weighted by Gasteiger charge is -2.10. The van der Waals surface area contributed by atoms with Crippen molar-refractivity contribution in [2.24, 2.45) is 0 Å². The molecule has 0 spiro atoms. The van der Waals surface area contributed by atoms with Gasteiger partial charge >= 0.3 is 0 Å². The van der Waals surface area contributed by atoms with Crippen molar-refractivity contribution in [1.82, 2.24) is 10.3 Å². The van der Waals surface area contributed by atoms with Crippen LogP contribution in [-0.4, -0.2) is 45.4 Å². The van der Waals surface area contributed by atoms with Gasteiger partial charge in [0.25, 0.3) is 5.91 Å². The number of benzene rings is 1. The van der Waals surface area contributed by atoms with Crippen molar-refractivity contribution in [2.45, 2.75) is 6.42 Å². The number of ether oxygens (including phenoxy) is 3. The normalized spacial score (nSPS) is 10.4. The van der Waals surface area contributed by atoms with Crippen molar-refractivity contribution < 1.29 is 19.0 Å². The van der Waals surface area contributed by atoms with E-state index in [4.69, 9.17) is 14.2 Å². The fraction of sp³-hybridized carbons (Fsp3) is 0.375. The molecule has 0 saturated heterocycles. The van der Waals surface area contributed by atoms with Gasteiger partial charge in [-0.3, -0.25) is 4.79 Å². The van der Waals surface area contributed by atoms with E-state index in [0.717, 1.165) is 12.0 Å². The SMILES string of the molecule is COCCCNC(=O)c1csc(-c2cccc(OC)c2OC)n1. The molecule has 1 heterocycles. The second kappa shape index (κ2) is 8.50. The van der Waals surface area contributed by atoms with Gasteiger partial charge in [0.05, 0.1) is 19.8 Å². The zero-order valence-corrected chi connectivity index (χ0v) is 14.2. The summed E-state index contributed by atoms with van der Waals surface area (Å²) in [5.41, 5.74) is 1.20. The summed E-state index contributed by atoms with van der Waals surface area (Å²) in [5.74, 6) is 1.05. The number of hydrogen-bond donors (Lipinski definition) is 1. The van der Waals surface area contributed by atoms with Gasteiger partial charge in [-0.2, -0.15) is 0 Å². The largest absolute Gasteiger partial charge is 0.493 e. The van der Waals surface area contributed by atoms with Crippen LogP contribution in [0.4, 0.5) is 0 Å². The molecule has 23 heavy (non-hydrogen) atoms. The predicted molar refractivity (Wildman–Crippen MR) is 89.5 cm³/mol. The monoisotopic (exact) mass is 336 g/mol. The molecule has 0 aliphatic rings. The minimum Gasteiger partial charge on any atom is -0.493 e. The second-order valence-corrected chi connectivity index (χ2v) is 5.54. The van der Waals surface area contributed by atoms with E-state index in [2.05, 4.69) is 10.3 Å². The van der Waals surface area contributed by atoms with Crippen LogP contribution in [0.1, 0.15) is 16.9 Å². The molecule has 0 radical (unpaired) electrons. The molecule has 124 valence electrons. The summed E-state index contributed by atoms with van der Waals surface area (Å²) in [4.78, 5) is 16.5. The van der Waals surface area contributed by atoms with Gasteiger partial charge in [0.1, 0.15) is 10.7 Å². The number of methoxy groups -OCH3 is 3. The molecule has 1 aromatic carbocycles. The summed E-state index contributed by atoms with van der Waals surface area (Å²) in [7, 11) is 4.80. The molecule has 7 heteroatoms. The highest BCUT2D eigenvalue weighted by molar-refractivity contribution is 7.13. The predicted octanol–water partition coefficient (Wildman–Crippen LogP) is 2.59. The Labute approximate surface area is 139 Å². The standard InChI is InChI=1S/C16H20N2O4S/c1-20-9-5-8-17-15(19)12-10-23-16(18-12)11-6-4-7-13(21-2)14(11)22-3/h4,6-7,10H,5,8-9H2,1-3H3,(H,17,19). The quantitative estimate of drug-likeness (QED) is 0.750. The van der Waals surface area contributed by atoms with Crippen LogP contribution < -0.4 is 14.8 Å². The average Bonchev–Trinajstić information content (AvgIpc) is 3.07. The maximum absolute atomic E-state index is 12.1. The van der Waals surface area contributed by atoms with Gasteiger partial charge in [-0.25, -0.2) is 4.98 Å². The molecule has 1 N–H and O–H groups in total. The first-order chi connectivity index (χ1) is 11.2. The minimum atomic E-state index is -0.189. The average molecular weight is 336 g/mol. The van der Waals surface area contributed by atoms with Crippen LogP contribution in [0.25, 0.3) is 10.6 Å². The Morgan fingerprint density at radius 1 is 1.26 bits per heavy atom. The Morgan fingerprint density at radius 2 is 2.09 bits per heavy atom. The molecule has 0 fully saturated rings. The number of nitrogens with zero attached hydrogens (tertiary/aromatic N) is 1. The molecule has 1 aromatic heterocycles. The molecule has 6 nitrogen and oxygen atoms in total. The molecule has 0 aliphatic carbocycles. The maximum Gasteiger partial charge on any atom is 0.270 e. The molecule has 1 amide bonds. The summed E-state index contributed by atoms with van der Waals surface area (Å²) in [6.45, 7) is 1.17. The van der Waals surface area contributed by atoms with Crippen LogP contribution in [0.15, 0.2) is 23.6 Å². The first-order valence-electron chi connectivity index (χ1n) is 7.15. The lowest BCUT2D eigenvalue weighted by molar-refractivity contribution is 0.0944. The molecule has 0 unspecified atom stereocenters. The first kappa shape index (κ1) is 17.2. The summed E-state index contributed by atoms with van der Waals surface area (Å²) in [6, 6.07) is 5.57. The van der Waals surface area contributed by atoms with Crippen molar-refractivity contribution in [3.8, 4) is 22.1 Å². The number of aromatic nitrogens is 1. The van der Waals surface area contributed by atoms with E-state index in [-0.39, 0.29) is 5.91 Å². The first-order valence-corrected chi connectivity index (χ1v) is 8.03. The number of rotatable bonds is 8. The topological polar surface area (TPSA) is 69.7 Å². The molecule has 0 bridgehead atoms. The van der Waals surface area contributed by atoms with E-state index in [0.29, 0.717) is 35.4 Å². The smallest absolute Gasteiger partial charge is 0.270 e. The molecule has 0 atom stereocenters. The van der Waals surface area contributed by atoms with Crippen LogP contribution in [0.3, 0.4) is 0 Å². The summed E-state index contributed by atoms with van der Waals surface area (Å²) in [6.07, 6.45) is 0.767. The van der Waals surface area contributed by atoms with E-state index in [9.17, 15) is 4.79 Å². The Balaban J connectivity index is 2.15. The van der Waals surface area contributed by atoms with E-state index < -0.39 is 0 Å². The van der Waals surface area contributed by atoms with E-state index in [1.165, 1.54) is 11.3 Å². The fourth-order valence-corrected chi connectivity index (χ4v) is 2.89. The number of thiazole rings is 1. The van der Waals surface area contributed by atoms with E-state index in [1.54, 1.807) is 26.7 Å². The molecule has 2 aromatic rings. The van der Waals surface area contributed by atoms with Gasteiger partial charge in [-0.05, 0) is 18.6 Å². The Bertz CT molecular complexity index is 657. The molecule has 0 aliphatic heterocycles. The van der Waals surface area contributed by atoms with Gasteiger partial charge in [0.15, 0.2) is 11.5 Å². The van der Waals surface area contributed by atoms with Crippen molar-refractivity contribution >= 4 is 17.2 Å². The summed E-state index contributed by atoms with van der Waals surface area (Å²) < 4.78 is 15.6. The minimum absolute atomic E-state index is 0.189. The Morgan fingerprint density at radius 3 is 2.78 bits per heavy atom. The third-order valence-corrected chi connectivity index (χ3v) is 4.06. The van der Waals surface area contributed by atoms with Gasteiger partial charge in [-0.15, -0.1) is 11.3 Å². The molecular formula is C16H20N2O4S. The van der Waals surface area contributed by atoms with Crippen molar-refractivity contribution in [3.05, 3.63) is 29.3 Å². The highest BCUT2D eigenvalue weighted by Gasteiger charge is 2.16. The summed E-state index contributed by atoms with van der Waals surface area (Å²) in [5, 5.41) is 5.27. The Hall–Kier alpha value is -2.12. The number of carbonyl (C=O) groups excluding carboxylic acids is 1. The van der Waals surface area contributed by atoms with Crippen LogP contribution in [0, 0.1) is 0 Å². The lowest BCUT2D eigenvalue weighted by atomic mass is 10.2. The van der Waals surface area contributed by atoms with Gasteiger partial charge in [0, 0.05) is 25.6 Å². The maximum atomic E-state index is 12.1. The van der Waals surface area contributed by atoms with E-state index >= 15 is 0 Å². The second-order valence-electron chi connectivity index (χ2n) is 4.68. The third-order valence-electron chi connectivity index (χ3n) is 3.18. The Kier molecular flexibility index (Phi) is 6.37. The molecule has 0 saturated carbocycles. The number of carbonyl (C=O) groups is 1. The van der Waals surface area contributed by atoms with Gasteiger partial charge in [0.2, 0.25) is 0 Å². The summed E-state index contributed by atoms with van der Waals surface area (Å²) >= 11 is 1.39.